The zero-order valence-electron chi connectivity index (χ0n) is 10.1. The fourth-order valence-corrected chi connectivity index (χ4v) is 1.81. The number of rotatable bonds is 4. The maximum Gasteiger partial charge on any atom is 0.414 e. The van der Waals surface area contributed by atoms with Gasteiger partial charge >= 0.3 is 6.09 Å². The fraction of sp³-hybridized carbons (Fsp3) is 0.417. The van der Waals surface area contributed by atoms with Crippen LogP contribution in [0.15, 0.2) is 24.3 Å². The molecule has 0 spiro atoms. The van der Waals surface area contributed by atoms with Gasteiger partial charge in [0.05, 0.1) is 13.7 Å². The molecule has 1 saturated heterocycles. The van der Waals surface area contributed by atoms with Gasteiger partial charge in [0.25, 0.3) is 0 Å². The number of hydrogen-bond acceptors (Lipinski definition) is 5. The van der Waals surface area contributed by atoms with Gasteiger partial charge in [-0.05, 0) is 24.3 Å². The molecule has 1 aliphatic heterocycles. The molecule has 0 bridgehead atoms. The molecule has 0 saturated carbocycles. The van der Waals surface area contributed by atoms with Crippen molar-refractivity contribution in [3.05, 3.63) is 24.3 Å². The minimum Gasteiger partial charge on any atom is -0.497 e. The van der Waals surface area contributed by atoms with E-state index in [1.54, 1.807) is 31.4 Å². The highest BCUT2D eigenvalue weighted by molar-refractivity contribution is 5.89. The number of hydrogen-bond donors (Lipinski definition) is 2. The van der Waals surface area contributed by atoms with E-state index in [4.69, 9.17) is 15.2 Å². The van der Waals surface area contributed by atoms with Crippen LogP contribution in [-0.4, -0.2) is 43.6 Å². The molecule has 2 atom stereocenters. The number of carbonyl (C=O) groups is 1. The lowest BCUT2D eigenvalue weighted by molar-refractivity contribution is 0.0380. The molecular formula is C12H16N2O4. The molecule has 18 heavy (non-hydrogen) atoms. The average molecular weight is 252 g/mol. The third-order valence-electron chi connectivity index (χ3n) is 2.89. The van der Waals surface area contributed by atoms with E-state index < -0.39 is 18.3 Å². The van der Waals surface area contributed by atoms with E-state index in [2.05, 4.69) is 0 Å². The second-order valence-corrected chi connectivity index (χ2v) is 4.03. The van der Waals surface area contributed by atoms with E-state index in [1.165, 1.54) is 4.90 Å². The van der Waals surface area contributed by atoms with Gasteiger partial charge in [0.15, 0.2) is 0 Å². The number of ether oxygens (including phenoxy) is 2. The van der Waals surface area contributed by atoms with Crippen molar-refractivity contribution in [3.8, 4) is 5.75 Å². The number of anilines is 1. The highest BCUT2D eigenvalue weighted by Crippen LogP contribution is 2.24. The Morgan fingerprint density at radius 1 is 1.56 bits per heavy atom. The molecule has 1 aliphatic rings. The van der Waals surface area contributed by atoms with Crippen molar-refractivity contribution in [2.45, 2.75) is 12.2 Å². The van der Waals surface area contributed by atoms with Gasteiger partial charge in [-0.1, -0.05) is 0 Å². The van der Waals surface area contributed by atoms with Crippen LogP contribution in [0, 0.1) is 0 Å². The first-order valence-electron chi connectivity index (χ1n) is 5.66. The van der Waals surface area contributed by atoms with Gasteiger partial charge in [-0.15, -0.1) is 0 Å². The Morgan fingerprint density at radius 3 is 2.78 bits per heavy atom. The first-order chi connectivity index (χ1) is 8.65. The van der Waals surface area contributed by atoms with Gasteiger partial charge in [-0.2, -0.15) is 0 Å². The summed E-state index contributed by atoms with van der Waals surface area (Å²) in [5, 5.41) is 9.57. The summed E-state index contributed by atoms with van der Waals surface area (Å²) in [6, 6.07) is 7.04. The van der Waals surface area contributed by atoms with Gasteiger partial charge in [0.2, 0.25) is 0 Å². The van der Waals surface area contributed by atoms with Crippen molar-refractivity contribution < 1.29 is 19.4 Å². The number of carbonyl (C=O) groups excluding carboxylic acids is 1. The fourth-order valence-electron chi connectivity index (χ4n) is 1.81. The standard InChI is InChI=1S/C12H16N2O4/c1-17-9-4-2-8(3-5-9)14-7-11(10(15)6-13)18-12(14)16/h2-5,10-11,15H,6-7,13H2,1H3. The van der Waals surface area contributed by atoms with Crippen LogP contribution in [0.3, 0.4) is 0 Å². The number of amides is 1. The second-order valence-electron chi connectivity index (χ2n) is 4.03. The Labute approximate surface area is 105 Å². The van der Waals surface area contributed by atoms with Crippen molar-refractivity contribution >= 4 is 11.8 Å². The zero-order chi connectivity index (χ0) is 13.1. The van der Waals surface area contributed by atoms with Crippen LogP contribution in [0.2, 0.25) is 0 Å². The van der Waals surface area contributed by atoms with Crippen molar-refractivity contribution in [2.24, 2.45) is 5.73 Å². The van der Waals surface area contributed by atoms with Gasteiger partial charge < -0.3 is 20.3 Å². The Hall–Kier alpha value is -1.79. The van der Waals surface area contributed by atoms with Gasteiger partial charge in [0, 0.05) is 12.2 Å². The smallest absolute Gasteiger partial charge is 0.414 e. The molecule has 1 amide bonds. The van der Waals surface area contributed by atoms with E-state index in [1.807, 2.05) is 0 Å². The van der Waals surface area contributed by atoms with Crippen molar-refractivity contribution in [3.63, 3.8) is 0 Å². The van der Waals surface area contributed by atoms with E-state index in [-0.39, 0.29) is 6.54 Å². The summed E-state index contributed by atoms with van der Waals surface area (Å²) in [5.74, 6) is 0.713. The highest BCUT2D eigenvalue weighted by Gasteiger charge is 2.36. The largest absolute Gasteiger partial charge is 0.497 e. The predicted molar refractivity (Wildman–Crippen MR) is 65.7 cm³/mol. The number of nitrogens with zero attached hydrogens (tertiary/aromatic N) is 1. The monoisotopic (exact) mass is 252 g/mol. The summed E-state index contributed by atoms with van der Waals surface area (Å²) >= 11 is 0. The first kappa shape index (κ1) is 12.7. The van der Waals surface area contributed by atoms with E-state index >= 15 is 0 Å². The third-order valence-corrected chi connectivity index (χ3v) is 2.89. The molecule has 1 fully saturated rings. The molecule has 2 rings (SSSR count). The number of aliphatic hydroxyl groups excluding tert-OH is 1. The van der Waals surface area contributed by atoms with Gasteiger partial charge in [-0.3, -0.25) is 4.90 Å². The average Bonchev–Trinajstić information content (AvgIpc) is 2.80. The maximum absolute atomic E-state index is 11.7. The lowest BCUT2D eigenvalue weighted by atomic mass is 10.2. The Balaban J connectivity index is 2.11. The van der Waals surface area contributed by atoms with Crippen LogP contribution in [0.5, 0.6) is 5.75 Å². The number of benzene rings is 1. The molecule has 1 heterocycles. The molecule has 2 unspecified atom stereocenters. The van der Waals surface area contributed by atoms with E-state index in [0.717, 1.165) is 0 Å². The van der Waals surface area contributed by atoms with Crippen LogP contribution in [-0.2, 0) is 4.74 Å². The van der Waals surface area contributed by atoms with Gasteiger partial charge in [0.1, 0.15) is 18.0 Å². The summed E-state index contributed by atoms with van der Waals surface area (Å²) in [4.78, 5) is 13.1. The van der Waals surface area contributed by atoms with Crippen LogP contribution < -0.4 is 15.4 Å². The lowest BCUT2D eigenvalue weighted by Gasteiger charge is -2.15. The van der Waals surface area contributed by atoms with Crippen molar-refractivity contribution in [2.75, 3.05) is 25.1 Å². The number of methoxy groups -OCH3 is 1. The summed E-state index contributed by atoms with van der Waals surface area (Å²) in [6.45, 7) is 0.359. The molecule has 0 radical (unpaired) electrons. The Morgan fingerprint density at radius 2 is 2.22 bits per heavy atom. The van der Waals surface area contributed by atoms with E-state index in [0.29, 0.717) is 18.0 Å². The topological polar surface area (TPSA) is 85.0 Å². The van der Waals surface area contributed by atoms with Crippen molar-refractivity contribution in [1.82, 2.24) is 0 Å². The number of cyclic esters (lactones) is 1. The molecule has 6 heteroatoms. The molecule has 98 valence electrons. The number of aliphatic hydroxyl groups is 1. The summed E-state index contributed by atoms with van der Waals surface area (Å²) < 4.78 is 10.1. The molecule has 0 aromatic heterocycles. The lowest BCUT2D eigenvalue weighted by Crippen LogP contribution is -2.36. The zero-order valence-corrected chi connectivity index (χ0v) is 10.1. The Kier molecular flexibility index (Phi) is 3.69. The highest BCUT2D eigenvalue weighted by atomic mass is 16.6. The molecule has 1 aromatic rings. The first-order valence-corrected chi connectivity index (χ1v) is 5.66. The molecule has 3 N–H and O–H groups in total. The van der Waals surface area contributed by atoms with Crippen LogP contribution in [0.4, 0.5) is 10.5 Å². The van der Waals surface area contributed by atoms with E-state index in [9.17, 15) is 9.90 Å². The second kappa shape index (κ2) is 5.24. The van der Waals surface area contributed by atoms with Crippen LogP contribution >= 0.6 is 0 Å². The third kappa shape index (κ3) is 2.39. The maximum atomic E-state index is 11.7. The minimum absolute atomic E-state index is 0.0639. The predicted octanol–water partition coefficient (Wildman–Crippen LogP) is 0.340. The molecule has 1 aromatic carbocycles. The normalized spacial score (nSPS) is 20.7. The molecule has 6 nitrogen and oxygen atoms in total. The quantitative estimate of drug-likeness (QED) is 0.807. The SMILES string of the molecule is COc1ccc(N2CC(C(O)CN)OC2=O)cc1. The summed E-state index contributed by atoms with van der Waals surface area (Å²) in [7, 11) is 1.58. The van der Waals surface area contributed by atoms with Gasteiger partial charge in [-0.25, -0.2) is 4.79 Å². The Bertz CT molecular complexity index is 421. The summed E-state index contributed by atoms with van der Waals surface area (Å²) in [6.07, 6.45) is -1.89. The summed E-state index contributed by atoms with van der Waals surface area (Å²) in [5.41, 5.74) is 6.04. The van der Waals surface area contributed by atoms with Crippen LogP contribution in [0.1, 0.15) is 0 Å². The molecule has 0 aliphatic carbocycles. The molecular weight excluding hydrogens is 236 g/mol. The van der Waals surface area contributed by atoms with Crippen LogP contribution in [0.25, 0.3) is 0 Å². The number of nitrogens with two attached hydrogens (primary N) is 1. The van der Waals surface area contributed by atoms with Crippen molar-refractivity contribution in [1.29, 1.82) is 0 Å². The minimum atomic E-state index is -0.836.